The molecular formula is C15H20F3N3O3. The maximum atomic E-state index is 12.7. The lowest BCUT2D eigenvalue weighted by Gasteiger charge is -2.37. The maximum absolute atomic E-state index is 12.7. The molecular weight excluding hydrogens is 327 g/mol. The van der Waals surface area contributed by atoms with Crippen LogP contribution in [0.15, 0.2) is 18.3 Å². The lowest BCUT2D eigenvalue weighted by Crippen LogP contribution is -2.53. The predicted molar refractivity (Wildman–Crippen MR) is 79.5 cm³/mol. The van der Waals surface area contributed by atoms with E-state index < -0.39 is 24.2 Å². The van der Waals surface area contributed by atoms with E-state index in [2.05, 4.69) is 4.98 Å². The Labute approximate surface area is 137 Å². The van der Waals surface area contributed by atoms with E-state index in [1.54, 1.807) is 11.0 Å². The van der Waals surface area contributed by atoms with Gasteiger partial charge in [-0.05, 0) is 25.8 Å². The van der Waals surface area contributed by atoms with Gasteiger partial charge in [-0.3, -0.25) is 14.7 Å². The number of amides is 1. The molecule has 1 atom stereocenters. The van der Waals surface area contributed by atoms with E-state index in [-0.39, 0.29) is 11.8 Å². The summed E-state index contributed by atoms with van der Waals surface area (Å²) in [7, 11) is 0. The summed E-state index contributed by atoms with van der Waals surface area (Å²) < 4.78 is 43.9. The van der Waals surface area contributed by atoms with Crippen LogP contribution in [0.5, 0.6) is 5.75 Å². The number of ether oxygens (including phenoxy) is 1. The summed E-state index contributed by atoms with van der Waals surface area (Å²) in [4.78, 5) is 16.5. The average molecular weight is 347 g/mol. The summed E-state index contributed by atoms with van der Waals surface area (Å²) in [6, 6.07) is 3.02. The molecule has 6 nitrogen and oxygen atoms in total. The van der Waals surface area contributed by atoms with Gasteiger partial charge in [0.1, 0.15) is 17.5 Å². The van der Waals surface area contributed by atoms with E-state index in [1.165, 1.54) is 12.3 Å². The molecule has 24 heavy (non-hydrogen) atoms. The number of piperidine rings is 1. The van der Waals surface area contributed by atoms with Crippen LogP contribution < -0.4 is 10.5 Å². The fourth-order valence-corrected chi connectivity index (χ4v) is 2.52. The first-order valence-corrected chi connectivity index (χ1v) is 7.52. The Morgan fingerprint density at radius 3 is 2.62 bits per heavy atom. The molecule has 2 heterocycles. The van der Waals surface area contributed by atoms with Crippen molar-refractivity contribution in [2.45, 2.75) is 37.6 Å². The number of alkyl halides is 3. The number of aliphatic hydroxyl groups is 1. The van der Waals surface area contributed by atoms with Gasteiger partial charge in [0.05, 0.1) is 0 Å². The van der Waals surface area contributed by atoms with Gasteiger partial charge in [0.15, 0.2) is 5.60 Å². The Morgan fingerprint density at radius 1 is 1.46 bits per heavy atom. The minimum absolute atomic E-state index is 0.0890. The zero-order valence-electron chi connectivity index (χ0n) is 13.2. The molecule has 1 fully saturated rings. The Balaban J connectivity index is 1.87. The molecule has 0 aromatic carbocycles. The highest BCUT2D eigenvalue weighted by molar-refractivity contribution is 5.91. The van der Waals surface area contributed by atoms with E-state index in [1.807, 2.05) is 0 Å². The van der Waals surface area contributed by atoms with Gasteiger partial charge in [0.2, 0.25) is 0 Å². The number of hydrogen-bond acceptors (Lipinski definition) is 5. The summed E-state index contributed by atoms with van der Waals surface area (Å²) in [5.41, 5.74) is 2.50. The second kappa shape index (κ2) is 6.94. The van der Waals surface area contributed by atoms with Crippen molar-refractivity contribution in [3.8, 4) is 5.75 Å². The monoisotopic (exact) mass is 347 g/mol. The molecule has 0 spiro atoms. The topological polar surface area (TPSA) is 88.7 Å². The van der Waals surface area contributed by atoms with Crippen LogP contribution in [-0.4, -0.2) is 58.4 Å². The minimum Gasteiger partial charge on any atom is -0.490 e. The van der Waals surface area contributed by atoms with Crippen molar-refractivity contribution in [2.24, 2.45) is 5.73 Å². The first-order chi connectivity index (χ1) is 11.1. The molecule has 2 rings (SSSR count). The van der Waals surface area contributed by atoms with Crippen LogP contribution in [-0.2, 0) is 0 Å². The van der Waals surface area contributed by atoms with Crippen LogP contribution in [0.25, 0.3) is 0 Å². The first kappa shape index (κ1) is 18.5. The van der Waals surface area contributed by atoms with Crippen molar-refractivity contribution < 1.29 is 27.8 Å². The SMILES string of the molecule is CC(O)(CN1CCC(Oc2ccnc(C(N)=O)c2)CC1)C(F)(F)F. The Bertz CT molecular complexity index is 585. The molecule has 1 aliphatic heterocycles. The summed E-state index contributed by atoms with van der Waals surface area (Å²) in [5, 5.41) is 9.54. The molecule has 0 bridgehead atoms. The van der Waals surface area contributed by atoms with Gasteiger partial charge in [0.25, 0.3) is 5.91 Å². The first-order valence-electron chi connectivity index (χ1n) is 7.52. The molecule has 9 heteroatoms. The van der Waals surface area contributed by atoms with E-state index in [0.717, 1.165) is 6.92 Å². The normalized spacial score (nSPS) is 19.7. The highest BCUT2D eigenvalue weighted by Gasteiger charge is 2.50. The van der Waals surface area contributed by atoms with Gasteiger partial charge in [-0.1, -0.05) is 0 Å². The molecule has 1 aromatic rings. The predicted octanol–water partition coefficient (Wildman–Crippen LogP) is 1.34. The van der Waals surface area contributed by atoms with E-state index in [9.17, 15) is 23.1 Å². The highest BCUT2D eigenvalue weighted by Crippen LogP contribution is 2.31. The number of carbonyl (C=O) groups excluding carboxylic acids is 1. The van der Waals surface area contributed by atoms with Crippen LogP contribution in [0.1, 0.15) is 30.3 Å². The van der Waals surface area contributed by atoms with Crippen molar-refractivity contribution in [1.82, 2.24) is 9.88 Å². The second-order valence-corrected chi connectivity index (χ2v) is 6.11. The summed E-state index contributed by atoms with van der Waals surface area (Å²) in [5.74, 6) is -0.218. The third kappa shape index (κ3) is 4.57. The number of hydrogen-bond donors (Lipinski definition) is 2. The fraction of sp³-hybridized carbons (Fsp3) is 0.600. The zero-order chi connectivity index (χ0) is 18.0. The van der Waals surface area contributed by atoms with Gasteiger partial charge >= 0.3 is 6.18 Å². The number of rotatable bonds is 5. The highest BCUT2D eigenvalue weighted by atomic mass is 19.4. The fourth-order valence-electron chi connectivity index (χ4n) is 2.52. The lowest BCUT2D eigenvalue weighted by atomic mass is 10.0. The van der Waals surface area contributed by atoms with Gasteiger partial charge in [0, 0.05) is 31.9 Å². The number of primary amides is 1. The number of β-amino-alcohol motifs (C(OH)–C–C–N with tert-alkyl or cyclic N) is 1. The van der Waals surface area contributed by atoms with E-state index in [4.69, 9.17) is 10.5 Å². The standard InChI is InChI=1S/C15H20F3N3O3/c1-14(23,15(16,17)18)9-21-6-3-10(4-7-21)24-11-2-5-20-12(8-11)13(19)22/h2,5,8,10,23H,3-4,6-7,9H2,1H3,(H2,19,22). The van der Waals surface area contributed by atoms with Crippen LogP contribution in [0.3, 0.4) is 0 Å². The molecule has 0 aliphatic carbocycles. The van der Waals surface area contributed by atoms with Crippen LogP contribution in [0, 0.1) is 0 Å². The van der Waals surface area contributed by atoms with Crippen LogP contribution in [0.4, 0.5) is 13.2 Å². The quantitative estimate of drug-likeness (QED) is 0.839. The number of pyridine rings is 1. The van der Waals surface area contributed by atoms with Crippen LogP contribution >= 0.6 is 0 Å². The van der Waals surface area contributed by atoms with Gasteiger partial charge in [-0.2, -0.15) is 13.2 Å². The number of nitrogens with zero attached hydrogens (tertiary/aromatic N) is 2. The number of halogens is 3. The molecule has 1 aliphatic rings. The Morgan fingerprint density at radius 2 is 2.08 bits per heavy atom. The zero-order valence-corrected chi connectivity index (χ0v) is 13.2. The summed E-state index contributed by atoms with van der Waals surface area (Å²) in [6.07, 6.45) is -2.40. The molecule has 1 aromatic heterocycles. The maximum Gasteiger partial charge on any atom is 0.418 e. The van der Waals surface area contributed by atoms with Crippen molar-refractivity contribution in [2.75, 3.05) is 19.6 Å². The van der Waals surface area contributed by atoms with Gasteiger partial charge in [-0.25, -0.2) is 0 Å². The lowest BCUT2D eigenvalue weighted by molar-refractivity contribution is -0.258. The molecule has 1 amide bonds. The smallest absolute Gasteiger partial charge is 0.418 e. The van der Waals surface area contributed by atoms with Crippen LogP contribution in [0.2, 0.25) is 0 Å². The van der Waals surface area contributed by atoms with Crippen molar-refractivity contribution >= 4 is 5.91 Å². The second-order valence-electron chi connectivity index (χ2n) is 6.11. The van der Waals surface area contributed by atoms with Gasteiger partial charge < -0.3 is 15.6 Å². The van der Waals surface area contributed by atoms with Crippen molar-refractivity contribution in [3.63, 3.8) is 0 Å². The summed E-state index contributed by atoms with van der Waals surface area (Å²) in [6.45, 7) is 1.07. The Hall–Kier alpha value is -1.87. The average Bonchev–Trinajstić information content (AvgIpc) is 2.48. The van der Waals surface area contributed by atoms with E-state index >= 15 is 0 Å². The molecule has 134 valence electrons. The van der Waals surface area contributed by atoms with Gasteiger partial charge in [-0.15, -0.1) is 0 Å². The number of likely N-dealkylation sites (tertiary alicyclic amines) is 1. The molecule has 0 radical (unpaired) electrons. The molecule has 1 saturated heterocycles. The third-order valence-corrected chi connectivity index (χ3v) is 3.96. The third-order valence-electron chi connectivity index (χ3n) is 3.96. The Kier molecular flexibility index (Phi) is 5.34. The number of carbonyl (C=O) groups is 1. The minimum atomic E-state index is -4.66. The van der Waals surface area contributed by atoms with E-state index in [0.29, 0.717) is 31.7 Å². The largest absolute Gasteiger partial charge is 0.490 e. The van der Waals surface area contributed by atoms with Crippen molar-refractivity contribution in [1.29, 1.82) is 0 Å². The molecule has 1 unspecified atom stereocenters. The number of aromatic nitrogens is 1. The van der Waals surface area contributed by atoms with Crippen molar-refractivity contribution in [3.05, 3.63) is 24.0 Å². The molecule has 3 N–H and O–H groups in total. The molecule has 0 saturated carbocycles. The summed E-state index contributed by atoms with van der Waals surface area (Å²) >= 11 is 0. The number of nitrogens with two attached hydrogens (primary N) is 1.